The van der Waals surface area contributed by atoms with E-state index in [4.69, 9.17) is 9.47 Å². The summed E-state index contributed by atoms with van der Waals surface area (Å²) in [5, 5.41) is 2.89. The van der Waals surface area contributed by atoms with Gasteiger partial charge in [0, 0.05) is 50.5 Å². The molecule has 2 atom stereocenters. The zero-order chi connectivity index (χ0) is 30.6. The maximum Gasteiger partial charge on any atom is 0.249 e. The Morgan fingerprint density at radius 3 is 2.19 bits per heavy atom. The van der Waals surface area contributed by atoms with Crippen molar-refractivity contribution in [2.45, 2.75) is 111 Å². The van der Waals surface area contributed by atoms with Gasteiger partial charge in [-0.15, -0.1) is 0 Å². The van der Waals surface area contributed by atoms with E-state index in [0.717, 1.165) is 19.3 Å². The fraction of sp³-hybridized carbons (Fsp3) is 0.735. The molecular formula is C34H55N3O5. The number of amides is 3. The van der Waals surface area contributed by atoms with Crippen molar-refractivity contribution in [2.75, 3.05) is 39.3 Å². The molecule has 1 aromatic carbocycles. The summed E-state index contributed by atoms with van der Waals surface area (Å²) in [6, 6.07) is 10.3. The predicted octanol–water partition coefficient (Wildman–Crippen LogP) is 5.34. The third kappa shape index (κ3) is 10.7. The summed E-state index contributed by atoms with van der Waals surface area (Å²) in [5.41, 5.74) is 0.743. The lowest BCUT2D eigenvalue weighted by Gasteiger charge is -2.44. The lowest BCUT2D eigenvalue weighted by Crippen LogP contribution is -2.56. The molecule has 2 fully saturated rings. The van der Waals surface area contributed by atoms with Crippen LogP contribution >= 0.6 is 0 Å². The Morgan fingerprint density at radius 1 is 0.905 bits per heavy atom. The summed E-state index contributed by atoms with van der Waals surface area (Å²) < 4.78 is 11.6. The van der Waals surface area contributed by atoms with E-state index in [1.165, 1.54) is 44.1 Å². The smallest absolute Gasteiger partial charge is 0.249 e. The number of hydrogen-bond acceptors (Lipinski definition) is 5. The van der Waals surface area contributed by atoms with E-state index in [2.05, 4.69) is 24.4 Å². The third-order valence-corrected chi connectivity index (χ3v) is 8.55. The van der Waals surface area contributed by atoms with Gasteiger partial charge < -0.3 is 24.6 Å². The Morgan fingerprint density at radius 2 is 1.52 bits per heavy atom. The van der Waals surface area contributed by atoms with Gasteiger partial charge in [-0.3, -0.25) is 14.4 Å². The van der Waals surface area contributed by atoms with Crippen molar-refractivity contribution in [3.05, 3.63) is 35.9 Å². The molecule has 8 heteroatoms. The second-order valence-electron chi connectivity index (χ2n) is 13.2. The van der Waals surface area contributed by atoms with Gasteiger partial charge in [0.1, 0.15) is 6.10 Å². The molecule has 0 radical (unpaired) electrons. The van der Waals surface area contributed by atoms with Gasteiger partial charge in [0.25, 0.3) is 0 Å². The molecule has 1 aromatic rings. The van der Waals surface area contributed by atoms with Gasteiger partial charge in [-0.25, -0.2) is 0 Å². The minimum Gasteiger partial charge on any atom is -0.353 e. The highest BCUT2D eigenvalue weighted by atomic mass is 16.7. The number of piperazine rings is 1. The Kier molecular flexibility index (Phi) is 13.3. The lowest BCUT2D eigenvalue weighted by atomic mass is 9.85. The second-order valence-corrected chi connectivity index (χ2v) is 13.2. The summed E-state index contributed by atoms with van der Waals surface area (Å²) >= 11 is 0. The molecule has 2 aliphatic rings. The van der Waals surface area contributed by atoms with E-state index >= 15 is 0 Å². The van der Waals surface area contributed by atoms with Crippen molar-refractivity contribution in [3.8, 4) is 0 Å². The van der Waals surface area contributed by atoms with E-state index in [-0.39, 0.29) is 36.6 Å². The van der Waals surface area contributed by atoms with E-state index in [0.29, 0.717) is 32.8 Å². The highest BCUT2D eigenvalue weighted by molar-refractivity contribution is 5.83. The standard InChI is InChI=1S/C34H55N3O5/c1-6-7-8-9-10-11-15-18-28(25-27-16-13-12-14-17-27)32(40)37-23-21-36(22-24-37)29(38)19-20-35-31(39)30-33(2,3)26-41-34(4,5)42-30/h12-14,16-17,28,30H,6-11,15,18-26H2,1-5H3,(H,35,39). The average molecular weight is 586 g/mol. The first-order valence-electron chi connectivity index (χ1n) is 16.2. The van der Waals surface area contributed by atoms with Gasteiger partial charge >= 0.3 is 0 Å². The Hall–Kier alpha value is -2.45. The first-order valence-corrected chi connectivity index (χ1v) is 16.2. The van der Waals surface area contributed by atoms with E-state index < -0.39 is 17.3 Å². The molecule has 2 saturated heterocycles. The second kappa shape index (κ2) is 16.4. The molecule has 2 aliphatic heterocycles. The van der Waals surface area contributed by atoms with Crippen molar-refractivity contribution in [1.29, 1.82) is 0 Å². The molecule has 0 aliphatic carbocycles. The summed E-state index contributed by atoms with van der Waals surface area (Å²) in [4.78, 5) is 43.2. The topological polar surface area (TPSA) is 88.2 Å². The average Bonchev–Trinajstić information content (AvgIpc) is 2.97. The fourth-order valence-electron chi connectivity index (χ4n) is 5.86. The number of hydrogen-bond donors (Lipinski definition) is 1. The molecule has 0 aromatic heterocycles. The third-order valence-electron chi connectivity index (χ3n) is 8.55. The van der Waals surface area contributed by atoms with Crippen molar-refractivity contribution < 1.29 is 23.9 Å². The van der Waals surface area contributed by atoms with Gasteiger partial charge in [0.05, 0.1) is 6.61 Å². The van der Waals surface area contributed by atoms with Gasteiger partial charge in [0.2, 0.25) is 17.7 Å². The van der Waals surface area contributed by atoms with Crippen molar-refractivity contribution in [2.24, 2.45) is 11.3 Å². The Labute approximate surface area is 253 Å². The first-order chi connectivity index (χ1) is 20.0. The molecule has 8 nitrogen and oxygen atoms in total. The quantitative estimate of drug-likeness (QED) is 0.281. The molecule has 3 rings (SSSR count). The van der Waals surface area contributed by atoms with Gasteiger partial charge in [-0.05, 0) is 32.3 Å². The molecule has 2 unspecified atom stereocenters. The monoisotopic (exact) mass is 585 g/mol. The fourth-order valence-corrected chi connectivity index (χ4v) is 5.86. The summed E-state index contributed by atoms with van der Waals surface area (Å²) in [7, 11) is 0. The van der Waals surface area contributed by atoms with E-state index in [1.807, 2.05) is 41.8 Å². The number of nitrogens with one attached hydrogen (secondary N) is 1. The normalized spacial score (nSPS) is 20.6. The van der Waals surface area contributed by atoms with Crippen LogP contribution in [0.25, 0.3) is 0 Å². The zero-order valence-corrected chi connectivity index (χ0v) is 26.8. The molecule has 3 amide bonds. The number of ether oxygens (including phenoxy) is 2. The molecule has 0 saturated carbocycles. The number of nitrogens with zero attached hydrogens (tertiary/aromatic N) is 2. The first kappa shape index (κ1) is 34.0. The molecule has 0 spiro atoms. The zero-order valence-electron chi connectivity index (χ0n) is 26.8. The van der Waals surface area contributed by atoms with Crippen molar-refractivity contribution in [1.82, 2.24) is 15.1 Å². The number of carbonyl (C=O) groups is 3. The minimum atomic E-state index is -0.821. The molecule has 1 N–H and O–H groups in total. The van der Waals surface area contributed by atoms with Crippen LogP contribution < -0.4 is 5.32 Å². The van der Waals surface area contributed by atoms with Gasteiger partial charge in [-0.2, -0.15) is 0 Å². The van der Waals surface area contributed by atoms with Crippen LogP contribution in [0.15, 0.2) is 30.3 Å². The molecule has 42 heavy (non-hydrogen) atoms. The number of rotatable bonds is 15. The minimum absolute atomic E-state index is 0.00112. The largest absolute Gasteiger partial charge is 0.353 e. The van der Waals surface area contributed by atoms with Crippen LogP contribution in [0.5, 0.6) is 0 Å². The van der Waals surface area contributed by atoms with Gasteiger partial charge in [0.15, 0.2) is 5.79 Å². The van der Waals surface area contributed by atoms with E-state index in [1.54, 1.807) is 13.8 Å². The van der Waals surface area contributed by atoms with Gasteiger partial charge in [-0.1, -0.05) is 96.0 Å². The summed E-state index contributed by atoms with van der Waals surface area (Å²) in [6.07, 6.45) is 9.90. The SMILES string of the molecule is CCCCCCCCCC(Cc1ccccc1)C(=O)N1CCN(C(=O)CCNC(=O)C2OC(C)(C)OCC2(C)C)CC1. The summed E-state index contributed by atoms with van der Waals surface area (Å²) in [5.74, 6) is -0.851. The number of unbranched alkanes of at least 4 members (excludes halogenated alkanes) is 6. The van der Waals surface area contributed by atoms with Crippen LogP contribution in [0, 0.1) is 11.3 Å². The predicted molar refractivity (Wildman–Crippen MR) is 166 cm³/mol. The Balaban J connectivity index is 1.44. The van der Waals surface area contributed by atoms with Crippen LogP contribution in [-0.2, 0) is 30.3 Å². The summed E-state index contributed by atoms with van der Waals surface area (Å²) in [6.45, 7) is 12.6. The maximum atomic E-state index is 13.6. The molecule has 0 bridgehead atoms. The van der Waals surface area contributed by atoms with E-state index in [9.17, 15) is 14.4 Å². The highest BCUT2D eigenvalue weighted by Gasteiger charge is 2.45. The van der Waals surface area contributed by atoms with Crippen LogP contribution in [-0.4, -0.2) is 78.7 Å². The van der Waals surface area contributed by atoms with Crippen LogP contribution in [0.2, 0.25) is 0 Å². The number of benzene rings is 1. The molecular weight excluding hydrogens is 530 g/mol. The number of carbonyl (C=O) groups excluding carboxylic acids is 3. The molecule has 236 valence electrons. The van der Waals surface area contributed by atoms with Crippen molar-refractivity contribution in [3.63, 3.8) is 0 Å². The van der Waals surface area contributed by atoms with Crippen LogP contribution in [0.4, 0.5) is 0 Å². The maximum absolute atomic E-state index is 13.6. The van der Waals surface area contributed by atoms with Crippen LogP contribution in [0.1, 0.15) is 98.0 Å². The van der Waals surface area contributed by atoms with Crippen LogP contribution in [0.3, 0.4) is 0 Å². The highest BCUT2D eigenvalue weighted by Crippen LogP contribution is 2.34. The lowest BCUT2D eigenvalue weighted by molar-refractivity contribution is -0.304. The molecule has 2 heterocycles. The van der Waals surface area contributed by atoms with Crippen molar-refractivity contribution >= 4 is 17.7 Å². The Bertz CT molecular complexity index is 988.